The van der Waals surface area contributed by atoms with Crippen molar-refractivity contribution in [2.75, 3.05) is 7.11 Å². The zero-order valence-corrected chi connectivity index (χ0v) is 22.4. The van der Waals surface area contributed by atoms with Crippen LogP contribution in [-0.2, 0) is 13.2 Å². The third kappa shape index (κ3) is 6.18. The summed E-state index contributed by atoms with van der Waals surface area (Å²) in [4.78, 5) is 13.9. The lowest BCUT2D eigenvalue weighted by Crippen LogP contribution is -2.27. The number of ether oxygens (including phenoxy) is 2. The average Bonchev–Trinajstić information content (AvgIpc) is 2.98. The van der Waals surface area contributed by atoms with Gasteiger partial charge in [-0.1, -0.05) is 78.9 Å². The number of para-hydroxylation sites is 1. The Kier molecular flexibility index (Phi) is 8.16. The Hall–Kier alpha value is -4.97. The van der Waals surface area contributed by atoms with Gasteiger partial charge in [-0.2, -0.15) is 5.10 Å². The van der Waals surface area contributed by atoms with E-state index in [-0.39, 0.29) is 17.9 Å². The van der Waals surface area contributed by atoms with E-state index in [0.29, 0.717) is 34.7 Å². The summed E-state index contributed by atoms with van der Waals surface area (Å²) in [5, 5.41) is 4.70. The lowest BCUT2D eigenvalue weighted by molar-refractivity contribution is 0.307. The van der Waals surface area contributed by atoms with Crippen LogP contribution in [0.15, 0.2) is 108 Å². The van der Waals surface area contributed by atoms with E-state index in [0.717, 1.165) is 22.4 Å². The summed E-state index contributed by atoms with van der Waals surface area (Å²) in [6.45, 7) is 2.55. The van der Waals surface area contributed by atoms with Crippen LogP contribution in [0.25, 0.3) is 23.3 Å². The molecule has 5 aromatic rings. The molecule has 0 saturated heterocycles. The van der Waals surface area contributed by atoms with Crippen molar-refractivity contribution in [2.45, 2.75) is 20.1 Å². The van der Waals surface area contributed by atoms with Gasteiger partial charge in [0.05, 0.1) is 24.9 Å². The Morgan fingerprint density at radius 1 is 0.850 bits per heavy atom. The van der Waals surface area contributed by atoms with Gasteiger partial charge in [0.1, 0.15) is 23.9 Å². The lowest BCUT2D eigenvalue weighted by atomic mass is 9.97. The number of benzene rings is 4. The predicted octanol–water partition coefficient (Wildman–Crippen LogP) is 7.16. The third-order valence-electron chi connectivity index (χ3n) is 6.54. The summed E-state index contributed by atoms with van der Waals surface area (Å²) in [6.07, 6.45) is 3.48. The van der Waals surface area contributed by atoms with E-state index in [4.69, 9.17) is 14.6 Å². The van der Waals surface area contributed by atoms with E-state index < -0.39 is 0 Å². The molecule has 1 heterocycles. The Bertz CT molecular complexity index is 1690. The molecule has 0 aliphatic carbocycles. The van der Waals surface area contributed by atoms with E-state index in [1.807, 2.05) is 85.8 Å². The highest BCUT2D eigenvalue weighted by atomic mass is 19.1. The summed E-state index contributed by atoms with van der Waals surface area (Å²) in [7, 11) is 1.61. The molecule has 6 heteroatoms. The maximum Gasteiger partial charge on any atom is 0.274 e. The molecule has 1 aromatic heterocycles. The largest absolute Gasteiger partial charge is 0.497 e. The number of hydrogen-bond acceptors (Lipinski definition) is 4. The second kappa shape index (κ2) is 12.3. The van der Waals surface area contributed by atoms with Crippen molar-refractivity contribution in [2.24, 2.45) is 0 Å². The van der Waals surface area contributed by atoms with Crippen LogP contribution in [0.2, 0.25) is 0 Å². The molecule has 0 bridgehead atoms. The highest BCUT2D eigenvalue weighted by Crippen LogP contribution is 2.34. The van der Waals surface area contributed by atoms with Crippen molar-refractivity contribution in [1.82, 2.24) is 9.78 Å². The maximum atomic E-state index is 13.9. The Balaban J connectivity index is 1.60. The molecule has 0 amide bonds. The van der Waals surface area contributed by atoms with Gasteiger partial charge in [-0.15, -0.1) is 0 Å². The van der Waals surface area contributed by atoms with Crippen LogP contribution in [0.5, 0.6) is 11.5 Å². The average molecular weight is 533 g/mol. The van der Waals surface area contributed by atoms with Crippen LogP contribution in [0.4, 0.5) is 4.39 Å². The number of hydrogen-bond donors (Lipinski definition) is 0. The van der Waals surface area contributed by atoms with Crippen molar-refractivity contribution in [3.05, 3.63) is 147 Å². The Labute approximate surface area is 232 Å². The van der Waals surface area contributed by atoms with Crippen LogP contribution >= 0.6 is 0 Å². The van der Waals surface area contributed by atoms with Gasteiger partial charge in [-0.3, -0.25) is 4.79 Å². The van der Waals surface area contributed by atoms with Crippen molar-refractivity contribution in [1.29, 1.82) is 0 Å². The molecule has 0 spiro atoms. The fourth-order valence-electron chi connectivity index (χ4n) is 4.55. The first-order valence-electron chi connectivity index (χ1n) is 13.0. The smallest absolute Gasteiger partial charge is 0.274 e. The number of aromatic nitrogens is 2. The molecule has 0 fully saturated rings. The SMILES string of the molecule is COc1ccc(Cn2nc(C)c(-c3ccccc3OCc3ccccc3)c(/C=C/c3cccc(F)c3)c2=O)cc1. The highest BCUT2D eigenvalue weighted by molar-refractivity contribution is 5.84. The number of methoxy groups -OCH3 is 1. The monoisotopic (exact) mass is 532 g/mol. The summed E-state index contributed by atoms with van der Waals surface area (Å²) >= 11 is 0. The second-order valence-electron chi connectivity index (χ2n) is 9.34. The first-order chi connectivity index (χ1) is 19.5. The molecule has 0 atom stereocenters. The lowest BCUT2D eigenvalue weighted by Gasteiger charge is -2.17. The third-order valence-corrected chi connectivity index (χ3v) is 6.54. The molecular weight excluding hydrogens is 503 g/mol. The minimum absolute atomic E-state index is 0.262. The standard InChI is InChI=1S/C34H29FN2O3/c1-24-33(30-13-6-7-14-32(30)40-23-27-9-4-3-5-10-27)31(20-17-25-11-8-12-28(35)21-25)34(38)37(36-24)22-26-15-18-29(39-2)19-16-26/h3-21H,22-23H2,1-2H3/b20-17+. The number of nitrogens with zero attached hydrogens (tertiary/aromatic N) is 2. The Morgan fingerprint density at radius 2 is 1.60 bits per heavy atom. The number of rotatable bonds is 9. The van der Waals surface area contributed by atoms with E-state index in [9.17, 15) is 9.18 Å². The van der Waals surface area contributed by atoms with Gasteiger partial charge in [0.25, 0.3) is 5.56 Å². The van der Waals surface area contributed by atoms with Crippen LogP contribution in [0.1, 0.15) is 27.9 Å². The van der Waals surface area contributed by atoms with E-state index in [2.05, 4.69) is 0 Å². The summed E-state index contributed by atoms with van der Waals surface area (Å²) in [6, 6.07) is 31.3. The molecule has 4 aromatic carbocycles. The molecule has 40 heavy (non-hydrogen) atoms. The molecule has 0 aliphatic rings. The van der Waals surface area contributed by atoms with Gasteiger partial charge in [0.15, 0.2) is 0 Å². The topological polar surface area (TPSA) is 53.4 Å². The maximum absolute atomic E-state index is 13.9. The van der Waals surface area contributed by atoms with Gasteiger partial charge in [0.2, 0.25) is 0 Å². The van der Waals surface area contributed by atoms with Gasteiger partial charge >= 0.3 is 0 Å². The molecule has 5 nitrogen and oxygen atoms in total. The zero-order valence-electron chi connectivity index (χ0n) is 22.4. The van der Waals surface area contributed by atoms with E-state index in [1.165, 1.54) is 16.8 Å². The fraction of sp³-hybridized carbons (Fsp3) is 0.118. The normalized spacial score (nSPS) is 11.1. The first kappa shape index (κ1) is 26.6. The summed E-state index contributed by atoms with van der Waals surface area (Å²) in [5.41, 5.74) is 4.88. The molecule has 0 saturated carbocycles. The van der Waals surface area contributed by atoms with Crippen molar-refractivity contribution in [3.8, 4) is 22.6 Å². The second-order valence-corrected chi connectivity index (χ2v) is 9.34. The van der Waals surface area contributed by atoms with Gasteiger partial charge in [0, 0.05) is 11.1 Å². The van der Waals surface area contributed by atoms with E-state index >= 15 is 0 Å². The highest BCUT2D eigenvalue weighted by Gasteiger charge is 2.19. The predicted molar refractivity (Wildman–Crippen MR) is 157 cm³/mol. The number of halogens is 1. The minimum Gasteiger partial charge on any atom is -0.497 e. The molecule has 200 valence electrons. The van der Waals surface area contributed by atoms with Crippen LogP contribution < -0.4 is 15.0 Å². The molecular formula is C34H29FN2O3. The molecule has 0 unspecified atom stereocenters. The van der Waals surface area contributed by atoms with E-state index in [1.54, 1.807) is 31.4 Å². The van der Waals surface area contributed by atoms with Crippen LogP contribution in [-0.4, -0.2) is 16.9 Å². The first-order valence-corrected chi connectivity index (χ1v) is 13.0. The van der Waals surface area contributed by atoms with Crippen molar-refractivity contribution < 1.29 is 13.9 Å². The fourth-order valence-corrected chi connectivity index (χ4v) is 4.55. The quantitative estimate of drug-likeness (QED) is 0.202. The molecule has 0 aliphatic heterocycles. The van der Waals surface area contributed by atoms with Crippen LogP contribution in [0, 0.1) is 12.7 Å². The van der Waals surface area contributed by atoms with Gasteiger partial charge in [-0.05, 0) is 60.0 Å². The molecule has 0 N–H and O–H groups in total. The summed E-state index contributed by atoms with van der Waals surface area (Å²) in [5.74, 6) is 1.04. The van der Waals surface area contributed by atoms with Gasteiger partial charge in [-0.25, -0.2) is 9.07 Å². The van der Waals surface area contributed by atoms with Crippen molar-refractivity contribution >= 4 is 12.2 Å². The van der Waals surface area contributed by atoms with Crippen molar-refractivity contribution in [3.63, 3.8) is 0 Å². The Morgan fingerprint density at radius 3 is 2.35 bits per heavy atom. The summed E-state index contributed by atoms with van der Waals surface area (Å²) < 4.78 is 26.8. The number of aryl methyl sites for hydroxylation is 1. The van der Waals surface area contributed by atoms with Gasteiger partial charge < -0.3 is 9.47 Å². The molecule has 5 rings (SSSR count). The van der Waals surface area contributed by atoms with Crippen LogP contribution in [0.3, 0.4) is 0 Å². The molecule has 0 radical (unpaired) electrons. The zero-order chi connectivity index (χ0) is 27.9. The minimum atomic E-state index is -0.343.